The number of nitrogens with zero attached hydrogens (tertiary/aromatic N) is 5. The molecule has 3 saturated heterocycles. The van der Waals surface area contributed by atoms with Gasteiger partial charge in [-0.3, -0.25) is 0 Å². The second kappa shape index (κ2) is 6.02. The van der Waals surface area contributed by atoms with Gasteiger partial charge in [-0.25, -0.2) is 4.68 Å². The Labute approximate surface area is 137 Å². The summed E-state index contributed by atoms with van der Waals surface area (Å²) in [7, 11) is 0. The summed E-state index contributed by atoms with van der Waals surface area (Å²) < 4.78 is 14.0. The lowest BCUT2D eigenvalue weighted by molar-refractivity contribution is -0.0508. The molecule has 4 rings (SSSR count). The van der Waals surface area contributed by atoms with E-state index in [1.807, 2.05) is 4.68 Å². The highest BCUT2D eigenvalue weighted by molar-refractivity contribution is 5.28. The summed E-state index contributed by atoms with van der Waals surface area (Å²) in [5.41, 5.74) is -0.0567. The van der Waals surface area contributed by atoms with Gasteiger partial charge in [0.05, 0.1) is 31.0 Å². The minimum Gasteiger partial charge on any atom is -0.375 e. The van der Waals surface area contributed by atoms with Crippen molar-refractivity contribution in [1.82, 2.24) is 20.2 Å². The average Bonchev–Trinajstić information content (AvgIpc) is 3.23. The van der Waals surface area contributed by atoms with Crippen LogP contribution in [0.5, 0.6) is 0 Å². The number of hydrogen-bond acceptors (Lipinski definition) is 6. The van der Waals surface area contributed by atoms with Crippen molar-refractivity contribution in [1.29, 1.82) is 0 Å². The normalized spacial score (nSPS) is 35.5. The lowest BCUT2D eigenvalue weighted by atomic mass is 9.97. The first-order valence-corrected chi connectivity index (χ1v) is 8.94. The molecule has 3 aliphatic heterocycles. The number of aromatic nitrogens is 4. The van der Waals surface area contributed by atoms with Crippen molar-refractivity contribution in [2.75, 3.05) is 24.6 Å². The second-order valence-electron chi connectivity index (χ2n) is 7.62. The molecule has 3 atom stereocenters. The van der Waals surface area contributed by atoms with Gasteiger partial charge >= 0.3 is 0 Å². The van der Waals surface area contributed by atoms with Gasteiger partial charge in [0.2, 0.25) is 5.95 Å². The first-order chi connectivity index (χ1) is 11.1. The summed E-state index contributed by atoms with van der Waals surface area (Å²) in [6.07, 6.45) is 6.09. The van der Waals surface area contributed by atoms with Gasteiger partial charge in [0.15, 0.2) is 0 Å². The maximum absolute atomic E-state index is 6.35. The average molecular weight is 321 g/mol. The Balaban J connectivity index is 1.40. The minimum atomic E-state index is -0.0567. The quantitative estimate of drug-likeness (QED) is 0.843. The lowest BCUT2D eigenvalue weighted by Gasteiger charge is -2.30. The number of rotatable bonds is 3. The van der Waals surface area contributed by atoms with Gasteiger partial charge in [0.25, 0.3) is 0 Å². The van der Waals surface area contributed by atoms with Gasteiger partial charge in [-0.05, 0) is 49.0 Å². The van der Waals surface area contributed by atoms with Crippen molar-refractivity contribution < 1.29 is 9.47 Å². The molecule has 3 fully saturated rings. The zero-order valence-corrected chi connectivity index (χ0v) is 14.1. The van der Waals surface area contributed by atoms with E-state index in [0.29, 0.717) is 6.10 Å². The Hall–Kier alpha value is -1.21. The Bertz CT molecular complexity index is 542. The van der Waals surface area contributed by atoms with Crippen molar-refractivity contribution in [3.05, 3.63) is 0 Å². The zero-order chi connectivity index (χ0) is 15.9. The van der Waals surface area contributed by atoms with Gasteiger partial charge < -0.3 is 14.4 Å². The van der Waals surface area contributed by atoms with Gasteiger partial charge in [0.1, 0.15) is 0 Å². The molecule has 1 aromatic heterocycles. The smallest absolute Gasteiger partial charge is 0.245 e. The lowest BCUT2D eigenvalue weighted by Crippen LogP contribution is -2.36. The molecule has 7 nitrogen and oxygen atoms in total. The maximum Gasteiger partial charge on any atom is 0.245 e. The number of tetrazole rings is 1. The molecule has 0 N–H and O–H groups in total. The third-order valence-electron chi connectivity index (χ3n) is 5.59. The number of piperidine rings is 1. The number of ether oxygens (including phenoxy) is 2. The van der Waals surface area contributed by atoms with Crippen LogP contribution in [0.2, 0.25) is 0 Å². The molecule has 4 heterocycles. The fraction of sp³-hybridized carbons (Fsp3) is 0.938. The largest absolute Gasteiger partial charge is 0.375 e. The van der Waals surface area contributed by atoms with Crippen molar-refractivity contribution in [3.63, 3.8) is 0 Å². The molecule has 0 aromatic carbocycles. The van der Waals surface area contributed by atoms with E-state index in [1.165, 1.54) is 12.8 Å². The molecule has 0 bridgehead atoms. The van der Waals surface area contributed by atoms with Crippen molar-refractivity contribution >= 4 is 5.95 Å². The van der Waals surface area contributed by atoms with Crippen LogP contribution in [0.1, 0.15) is 46.0 Å². The fourth-order valence-corrected chi connectivity index (χ4v) is 4.16. The van der Waals surface area contributed by atoms with Crippen LogP contribution in [0, 0.1) is 5.92 Å². The monoisotopic (exact) mass is 321 g/mol. The molecular weight excluding hydrogens is 294 g/mol. The summed E-state index contributed by atoms with van der Waals surface area (Å²) in [5.74, 6) is 1.70. The highest BCUT2D eigenvalue weighted by Gasteiger charge is 2.46. The van der Waals surface area contributed by atoms with Gasteiger partial charge in [-0.15, -0.1) is 0 Å². The third-order valence-corrected chi connectivity index (χ3v) is 5.59. The Morgan fingerprint density at radius 1 is 1.22 bits per heavy atom. The van der Waals surface area contributed by atoms with E-state index in [9.17, 15) is 0 Å². The Morgan fingerprint density at radius 3 is 2.78 bits per heavy atom. The van der Waals surface area contributed by atoms with Gasteiger partial charge in [-0.1, -0.05) is 12.0 Å². The molecule has 1 aromatic rings. The molecule has 128 valence electrons. The molecule has 0 radical (unpaired) electrons. The molecule has 0 saturated carbocycles. The van der Waals surface area contributed by atoms with Crippen LogP contribution in [-0.2, 0) is 16.0 Å². The topological polar surface area (TPSA) is 65.3 Å². The summed E-state index contributed by atoms with van der Waals surface area (Å²) in [4.78, 5) is 2.31. The minimum absolute atomic E-state index is 0.0567. The number of anilines is 1. The predicted octanol–water partition coefficient (Wildman–Crippen LogP) is 1.64. The molecule has 0 aliphatic carbocycles. The molecule has 3 aliphatic rings. The SMILES string of the molecule is CC1CCN(c2nnnn2CC2CCC3(COC(C)C3)O2)CC1. The van der Waals surface area contributed by atoms with Crippen LogP contribution in [0.3, 0.4) is 0 Å². The molecular formula is C16H27N5O2. The van der Waals surface area contributed by atoms with Gasteiger partial charge in [0, 0.05) is 19.5 Å². The van der Waals surface area contributed by atoms with Crippen LogP contribution in [0.15, 0.2) is 0 Å². The highest BCUT2D eigenvalue weighted by Crippen LogP contribution is 2.40. The second-order valence-corrected chi connectivity index (χ2v) is 7.62. The van der Waals surface area contributed by atoms with Crippen LogP contribution >= 0.6 is 0 Å². The summed E-state index contributed by atoms with van der Waals surface area (Å²) in [6, 6.07) is 0. The van der Waals surface area contributed by atoms with E-state index in [0.717, 1.165) is 57.4 Å². The molecule has 7 heteroatoms. The molecule has 3 unspecified atom stereocenters. The van der Waals surface area contributed by atoms with Crippen molar-refractivity contribution in [2.45, 2.75) is 70.3 Å². The fourth-order valence-electron chi connectivity index (χ4n) is 4.16. The molecule has 1 spiro atoms. The first kappa shape index (κ1) is 15.3. The summed E-state index contributed by atoms with van der Waals surface area (Å²) in [6.45, 7) is 8.01. The van der Waals surface area contributed by atoms with Crippen LogP contribution < -0.4 is 4.90 Å². The molecule has 0 amide bonds. The van der Waals surface area contributed by atoms with E-state index in [-0.39, 0.29) is 11.7 Å². The Morgan fingerprint density at radius 2 is 2.04 bits per heavy atom. The van der Waals surface area contributed by atoms with Crippen LogP contribution in [-0.4, -0.2) is 57.7 Å². The molecule has 23 heavy (non-hydrogen) atoms. The first-order valence-electron chi connectivity index (χ1n) is 8.94. The maximum atomic E-state index is 6.35. The van der Waals surface area contributed by atoms with E-state index in [4.69, 9.17) is 9.47 Å². The van der Waals surface area contributed by atoms with E-state index in [1.54, 1.807) is 0 Å². The van der Waals surface area contributed by atoms with Crippen LogP contribution in [0.25, 0.3) is 0 Å². The zero-order valence-electron chi connectivity index (χ0n) is 14.1. The van der Waals surface area contributed by atoms with E-state index in [2.05, 4.69) is 34.3 Å². The van der Waals surface area contributed by atoms with Crippen molar-refractivity contribution in [3.8, 4) is 0 Å². The number of hydrogen-bond donors (Lipinski definition) is 0. The highest BCUT2D eigenvalue weighted by atomic mass is 16.6. The summed E-state index contributed by atoms with van der Waals surface area (Å²) >= 11 is 0. The Kier molecular flexibility index (Phi) is 4.01. The predicted molar refractivity (Wildman–Crippen MR) is 85.3 cm³/mol. The van der Waals surface area contributed by atoms with Crippen molar-refractivity contribution in [2.24, 2.45) is 5.92 Å². The van der Waals surface area contributed by atoms with Gasteiger partial charge in [-0.2, -0.15) is 0 Å². The summed E-state index contributed by atoms with van der Waals surface area (Å²) in [5, 5.41) is 12.4. The third kappa shape index (κ3) is 3.08. The van der Waals surface area contributed by atoms with E-state index >= 15 is 0 Å². The van der Waals surface area contributed by atoms with Crippen LogP contribution in [0.4, 0.5) is 5.95 Å². The standard InChI is InChI=1S/C16H27N5O2/c1-12-4-7-20(8-5-12)15-17-18-19-21(15)10-14-3-6-16(23-14)9-13(2)22-11-16/h12-14H,3-11H2,1-2H3. The van der Waals surface area contributed by atoms with E-state index < -0.39 is 0 Å².